The summed E-state index contributed by atoms with van der Waals surface area (Å²) in [6.07, 6.45) is 2.58. The van der Waals surface area contributed by atoms with Crippen LogP contribution >= 0.6 is 0 Å². The lowest BCUT2D eigenvalue weighted by Crippen LogP contribution is -2.24. The van der Waals surface area contributed by atoms with Crippen molar-refractivity contribution < 1.29 is 4.79 Å². The quantitative estimate of drug-likeness (QED) is 0.854. The van der Waals surface area contributed by atoms with Crippen LogP contribution in [-0.4, -0.2) is 35.9 Å². The highest BCUT2D eigenvalue weighted by molar-refractivity contribution is 5.80. The van der Waals surface area contributed by atoms with E-state index in [0.29, 0.717) is 12.0 Å². The smallest absolute Gasteiger partial charge is 0.149 e. The third-order valence-electron chi connectivity index (χ3n) is 2.68. The first-order valence-corrected chi connectivity index (χ1v) is 6.54. The number of aromatic nitrogens is 2. The molecule has 1 aromatic heterocycles. The summed E-state index contributed by atoms with van der Waals surface area (Å²) >= 11 is 0. The zero-order valence-electron chi connectivity index (χ0n) is 12.5. The number of hydrogen-bond donors (Lipinski definition) is 1. The Morgan fingerprint density at radius 3 is 2.63 bits per heavy atom. The van der Waals surface area contributed by atoms with Crippen LogP contribution < -0.4 is 10.2 Å². The maximum atomic E-state index is 11.1. The number of nitrogens with zero attached hydrogens (tertiary/aromatic N) is 3. The molecule has 1 aromatic rings. The number of ketones is 1. The molecule has 0 fully saturated rings. The molecule has 19 heavy (non-hydrogen) atoms. The predicted octanol–water partition coefficient (Wildman–Crippen LogP) is 2.35. The van der Waals surface area contributed by atoms with Crippen molar-refractivity contribution in [1.82, 2.24) is 9.97 Å². The van der Waals surface area contributed by atoms with Crippen LogP contribution in [0.3, 0.4) is 0 Å². The fraction of sp³-hybridized carbons (Fsp3) is 0.643. The number of carbonyl (C=O) groups excluding carboxylic acids is 1. The molecule has 0 aliphatic rings. The van der Waals surface area contributed by atoms with Crippen LogP contribution in [0.1, 0.15) is 34.1 Å². The highest BCUT2D eigenvalue weighted by atomic mass is 16.1. The van der Waals surface area contributed by atoms with Crippen LogP contribution in [-0.2, 0) is 4.79 Å². The standard InChI is InChI=1S/C14H24N4O/c1-11(19)9-18(5)13-8-12(16-10-17-13)15-7-6-14(2,3)4/h8,10H,6-7,9H2,1-5H3,(H,15,16,17). The second kappa shape index (κ2) is 6.50. The number of hydrogen-bond acceptors (Lipinski definition) is 5. The molecule has 0 spiro atoms. The molecular formula is C14H24N4O. The molecule has 0 amide bonds. The van der Waals surface area contributed by atoms with E-state index in [1.165, 1.54) is 6.33 Å². The molecule has 5 nitrogen and oxygen atoms in total. The first-order valence-electron chi connectivity index (χ1n) is 6.54. The number of rotatable bonds is 6. The third-order valence-corrected chi connectivity index (χ3v) is 2.68. The van der Waals surface area contributed by atoms with Gasteiger partial charge in [-0.2, -0.15) is 0 Å². The fourth-order valence-electron chi connectivity index (χ4n) is 1.63. The monoisotopic (exact) mass is 264 g/mol. The molecule has 0 saturated carbocycles. The zero-order chi connectivity index (χ0) is 14.5. The predicted molar refractivity (Wildman–Crippen MR) is 78.5 cm³/mol. The fourth-order valence-corrected chi connectivity index (χ4v) is 1.63. The van der Waals surface area contributed by atoms with Gasteiger partial charge < -0.3 is 10.2 Å². The molecule has 5 heteroatoms. The van der Waals surface area contributed by atoms with Crippen LogP contribution in [0.4, 0.5) is 11.6 Å². The normalized spacial score (nSPS) is 11.2. The summed E-state index contributed by atoms with van der Waals surface area (Å²) in [5.74, 6) is 1.66. The van der Waals surface area contributed by atoms with E-state index in [1.54, 1.807) is 6.92 Å². The van der Waals surface area contributed by atoms with Crippen LogP contribution in [0.15, 0.2) is 12.4 Å². The minimum absolute atomic E-state index is 0.114. The first-order chi connectivity index (χ1) is 8.78. The van der Waals surface area contributed by atoms with Crippen molar-refractivity contribution in [2.45, 2.75) is 34.1 Å². The number of carbonyl (C=O) groups is 1. The molecule has 1 heterocycles. The zero-order valence-corrected chi connectivity index (χ0v) is 12.5. The van der Waals surface area contributed by atoms with Gasteiger partial charge in [0.25, 0.3) is 0 Å². The molecular weight excluding hydrogens is 240 g/mol. The topological polar surface area (TPSA) is 58.1 Å². The Morgan fingerprint density at radius 2 is 2.05 bits per heavy atom. The number of anilines is 2. The Bertz CT molecular complexity index is 426. The molecule has 0 unspecified atom stereocenters. The minimum Gasteiger partial charge on any atom is -0.370 e. The molecule has 106 valence electrons. The van der Waals surface area contributed by atoms with Crippen molar-refractivity contribution in [3.63, 3.8) is 0 Å². The minimum atomic E-state index is 0.114. The summed E-state index contributed by atoms with van der Waals surface area (Å²) in [6.45, 7) is 9.43. The largest absolute Gasteiger partial charge is 0.370 e. The maximum absolute atomic E-state index is 11.1. The van der Waals surface area contributed by atoms with Crippen molar-refractivity contribution >= 4 is 17.4 Å². The third kappa shape index (κ3) is 6.18. The lowest BCUT2D eigenvalue weighted by atomic mass is 9.92. The Morgan fingerprint density at radius 1 is 1.37 bits per heavy atom. The number of likely N-dealkylation sites (N-methyl/N-ethyl adjacent to an activating group) is 1. The molecule has 0 atom stereocenters. The lowest BCUT2D eigenvalue weighted by molar-refractivity contribution is -0.115. The summed E-state index contributed by atoms with van der Waals surface area (Å²) in [5.41, 5.74) is 0.300. The Kier molecular flexibility index (Phi) is 5.27. The summed E-state index contributed by atoms with van der Waals surface area (Å²) in [5, 5.41) is 3.29. The second-order valence-corrected chi connectivity index (χ2v) is 6.06. The maximum Gasteiger partial charge on any atom is 0.149 e. The van der Waals surface area contributed by atoms with E-state index in [9.17, 15) is 4.79 Å². The van der Waals surface area contributed by atoms with Crippen molar-refractivity contribution in [2.24, 2.45) is 5.41 Å². The Balaban J connectivity index is 2.59. The lowest BCUT2D eigenvalue weighted by Gasteiger charge is -2.19. The first kappa shape index (κ1) is 15.4. The van der Waals surface area contributed by atoms with E-state index in [4.69, 9.17) is 0 Å². The summed E-state index contributed by atoms with van der Waals surface area (Å²) < 4.78 is 0. The van der Waals surface area contributed by atoms with E-state index in [0.717, 1.165) is 24.6 Å². The van der Waals surface area contributed by atoms with Crippen LogP contribution in [0.25, 0.3) is 0 Å². The van der Waals surface area contributed by atoms with Gasteiger partial charge in [0.2, 0.25) is 0 Å². The van der Waals surface area contributed by atoms with Gasteiger partial charge in [0, 0.05) is 19.7 Å². The molecule has 0 saturated heterocycles. The van der Waals surface area contributed by atoms with Crippen LogP contribution in [0, 0.1) is 5.41 Å². The van der Waals surface area contributed by atoms with Gasteiger partial charge in [0.05, 0.1) is 6.54 Å². The van der Waals surface area contributed by atoms with E-state index in [1.807, 2.05) is 18.0 Å². The van der Waals surface area contributed by atoms with Gasteiger partial charge in [0.1, 0.15) is 23.7 Å². The van der Waals surface area contributed by atoms with Gasteiger partial charge in [-0.1, -0.05) is 20.8 Å². The molecule has 0 radical (unpaired) electrons. The molecule has 1 rings (SSSR count). The Hall–Kier alpha value is -1.65. The summed E-state index contributed by atoms with van der Waals surface area (Å²) in [7, 11) is 1.85. The highest BCUT2D eigenvalue weighted by Gasteiger charge is 2.10. The van der Waals surface area contributed by atoms with Gasteiger partial charge in [-0.05, 0) is 18.8 Å². The van der Waals surface area contributed by atoms with E-state index in [-0.39, 0.29) is 5.78 Å². The van der Waals surface area contributed by atoms with Crippen molar-refractivity contribution in [3.05, 3.63) is 12.4 Å². The van der Waals surface area contributed by atoms with E-state index in [2.05, 4.69) is 36.1 Å². The molecule has 0 bridgehead atoms. The summed E-state index contributed by atoms with van der Waals surface area (Å²) in [6, 6.07) is 1.87. The SMILES string of the molecule is CC(=O)CN(C)c1cc(NCCC(C)(C)C)ncn1. The summed E-state index contributed by atoms with van der Waals surface area (Å²) in [4.78, 5) is 21.3. The van der Waals surface area contributed by atoms with Gasteiger partial charge in [-0.25, -0.2) is 9.97 Å². The van der Waals surface area contributed by atoms with Crippen molar-refractivity contribution in [2.75, 3.05) is 30.4 Å². The van der Waals surface area contributed by atoms with Crippen LogP contribution in [0.5, 0.6) is 0 Å². The number of nitrogens with one attached hydrogen (secondary N) is 1. The van der Waals surface area contributed by atoms with E-state index < -0.39 is 0 Å². The average molecular weight is 264 g/mol. The van der Waals surface area contributed by atoms with Gasteiger partial charge >= 0.3 is 0 Å². The molecule has 0 aromatic carbocycles. The second-order valence-electron chi connectivity index (χ2n) is 6.06. The molecule has 0 aliphatic heterocycles. The van der Waals surface area contributed by atoms with Crippen molar-refractivity contribution in [1.29, 1.82) is 0 Å². The van der Waals surface area contributed by atoms with Gasteiger partial charge in [-0.15, -0.1) is 0 Å². The molecule has 0 aliphatic carbocycles. The van der Waals surface area contributed by atoms with Gasteiger partial charge in [0.15, 0.2) is 0 Å². The molecule has 1 N–H and O–H groups in total. The van der Waals surface area contributed by atoms with Crippen LogP contribution in [0.2, 0.25) is 0 Å². The van der Waals surface area contributed by atoms with Gasteiger partial charge in [-0.3, -0.25) is 4.79 Å². The van der Waals surface area contributed by atoms with E-state index >= 15 is 0 Å². The Labute approximate surface area is 115 Å². The average Bonchev–Trinajstić information content (AvgIpc) is 2.26. The number of Topliss-reactive ketones (excluding diaryl/α,β-unsaturated/α-hetero) is 1. The van der Waals surface area contributed by atoms with Crippen molar-refractivity contribution in [3.8, 4) is 0 Å². The highest BCUT2D eigenvalue weighted by Crippen LogP contribution is 2.19.